The molecule has 0 saturated carbocycles. The Morgan fingerprint density at radius 2 is 1.77 bits per heavy atom. The van der Waals surface area contributed by atoms with Gasteiger partial charge in [-0.2, -0.15) is 0 Å². The van der Waals surface area contributed by atoms with E-state index in [9.17, 15) is 14.4 Å². The number of carbonyl (C=O) groups is 3. The Morgan fingerprint density at radius 1 is 1.00 bits per heavy atom. The molecule has 0 radical (unpaired) electrons. The van der Waals surface area contributed by atoms with Gasteiger partial charge >= 0.3 is 12.0 Å². The van der Waals surface area contributed by atoms with E-state index in [0.717, 1.165) is 12.0 Å². The fourth-order valence-electron chi connectivity index (χ4n) is 2.71. The molecule has 2 N–H and O–H groups in total. The van der Waals surface area contributed by atoms with Gasteiger partial charge in [0.2, 0.25) is 0 Å². The van der Waals surface area contributed by atoms with Gasteiger partial charge in [-0.3, -0.25) is 10.1 Å². The monoisotopic (exact) mass is 414 g/mol. The minimum atomic E-state index is -0.771. The summed E-state index contributed by atoms with van der Waals surface area (Å²) >= 11 is 0. The van der Waals surface area contributed by atoms with Crippen molar-refractivity contribution >= 4 is 23.6 Å². The van der Waals surface area contributed by atoms with Crippen LogP contribution in [0.25, 0.3) is 0 Å². The summed E-state index contributed by atoms with van der Waals surface area (Å²) in [5.74, 6) is 0.179. The molecule has 0 spiro atoms. The number of imide groups is 1. The van der Waals surface area contributed by atoms with Crippen molar-refractivity contribution in [1.29, 1.82) is 0 Å². The number of hydrogen-bond donors (Lipinski definition) is 2. The topological polar surface area (TPSA) is 112 Å². The Hall–Kier alpha value is -3.75. The zero-order valence-electron chi connectivity index (χ0n) is 16.4. The van der Waals surface area contributed by atoms with E-state index in [4.69, 9.17) is 18.9 Å². The maximum Gasteiger partial charge on any atom is 0.344 e. The number of carbonyl (C=O) groups excluding carboxylic acids is 3. The van der Waals surface area contributed by atoms with E-state index in [0.29, 0.717) is 36.1 Å². The van der Waals surface area contributed by atoms with E-state index in [2.05, 4.69) is 10.6 Å². The second-order valence-corrected chi connectivity index (χ2v) is 6.27. The van der Waals surface area contributed by atoms with Crippen LogP contribution >= 0.6 is 0 Å². The number of amides is 3. The molecule has 9 nitrogen and oxygen atoms in total. The lowest BCUT2D eigenvalue weighted by Gasteiger charge is -2.19. The summed E-state index contributed by atoms with van der Waals surface area (Å²) in [6.07, 6.45) is 0.756. The second-order valence-electron chi connectivity index (χ2n) is 6.27. The number of ether oxygens (including phenoxy) is 4. The number of benzene rings is 2. The number of urea groups is 1. The molecule has 0 bridgehead atoms. The van der Waals surface area contributed by atoms with Gasteiger partial charge in [-0.25, -0.2) is 9.59 Å². The smallest absolute Gasteiger partial charge is 0.344 e. The first-order valence-corrected chi connectivity index (χ1v) is 9.42. The highest BCUT2D eigenvalue weighted by molar-refractivity contribution is 6.02. The maximum absolute atomic E-state index is 11.9. The second kappa shape index (κ2) is 10.1. The van der Waals surface area contributed by atoms with Gasteiger partial charge in [-0.1, -0.05) is 25.1 Å². The third-order valence-corrected chi connectivity index (χ3v) is 4.12. The van der Waals surface area contributed by atoms with Gasteiger partial charge < -0.3 is 24.3 Å². The van der Waals surface area contributed by atoms with E-state index >= 15 is 0 Å². The predicted octanol–water partition coefficient (Wildman–Crippen LogP) is 2.29. The summed E-state index contributed by atoms with van der Waals surface area (Å²) in [5.41, 5.74) is 1.38. The molecule has 2 aromatic carbocycles. The van der Waals surface area contributed by atoms with Crippen LogP contribution in [-0.2, 0) is 20.7 Å². The summed E-state index contributed by atoms with van der Waals surface area (Å²) in [4.78, 5) is 35.5. The Bertz CT molecular complexity index is 929. The molecule has 3 rings (SSSR count). The Balaban J connectivity index is 1.39. The zero-order chi connectivity index (χ0) is 21.3. The van der Waals surface area contributed by atoms with Crippen LogP contribution in [0.4, 0.5) is 10.5 Å². The molecule has 0 fully saturated rings. The van der Waals surface area contributed by atoms with Gasteiger partial charge in [0.05, 0.1) is 0 Å². The van der Waals surface area contributed by atoms with Crippen molar-refractivity contribution < 1.29 is 33.3 Å². The lowest BCUT2D eigenvalue weighted by atomic mass is 10.1. The molecular formula is C21H22N2O7. The van der Waals surface area contributed by atoms with Crippen molar-refractivity contribution in [1.82, 2.24) is 5.32 Å². The fourth-order valence-corrected chi connectivity index (χ4v) is 2.71. The minimum Gasteiger partial charge on any atom is -0.486 e. The van der Waals surface area contributed by atoms with Crippen molar-refractivity contribution in [3.63, 3.8) is 0 Å². The summed E-state index contributed by atoms with van der Waals surface area (Å²) < 4.78 is 21.1. The van der Waals surface area contributed by atoms with Crippen molar-refractivity contribution in [2.24, 2.45) is 0 Å². The molecule has 2 aromatic rings. The van der Waals surface area contributed by atoms with E-state index in [1.807, 2.05) is 19.1 Å². The fraction of sp³-hybridized carbons (Fsp3) is 0.286. The van der Waals surface area contributed by atoms with Crippen LogP contribution in [0.1, 0.15) is 12.5 Å². The quantitative estimate of drug-likeness (QED) is 0.669. The number of fused-ring (bicyclic) bond motifs is 1. The van der Waals surface area contributed by atoms with Crippen LogP contribution in [-0.4, -0.2) is 44.3 Å². The molecule has 0 aliphatic carbocycles. The number of anilines is 1. The molecule has 30 heavy (non-hydrogen) atoms. The highest BCUT2D eigenvalue weighted by Crippen LogP contribution is 2.32. The first kappa shape index (κ1) is 21.0. The van der Waals surface area contributed by atoms with Crippen LogP contribution in [0, 0.1) is 0 Å². The molecular weight excluding hydrogens is 392 g/mol. The van der Waals surface area contributed by atoms with E-state index in [1.165, 1.54) is 0 Å². The standard InChI is InChI=1S/C21H22N2O7/c1-2-14-5-3-4-6-16(14)29-13-20(25)30-12-19(24)23-21(26)22-15-7-8-17-18(11-15)28-10-9-27-17/h3-8,11H,2,9-10,12-13H2,1H3,(H2,22,23,24,26). The molecule has 0 unspecified atom stereocenters. The summed E-state index contributed by atoms with van der Waals surface area (Å²) in [6.45, 7) is 1.91. The van der Waals surface area contributed by atoms with Crippen molar-refractivity contribution in [3.05, 3.63) is 48.0 Å². The van der Waals surface area contributed by atoms with E-state index in [-0.39, 0.29) is 6.61 Å². The molecule has 0 atom stereocenters. The number of nitrogens with one attached hydrogen (secondary N) is 2. The Labute approximate surface area is 173 Å². The van der Waals surface area contributed by atoms with Gasteiger partial charge in [-0.15, -0.1) is 0 Å². The number of rotatable bonds is 7. The van der Waals surface area contributed by atoms with Gasteiger partial charge in [0, 0.05) is 11.8 Å². The Kier molecular flexibility index (Phi) is 7.09. The van der Waals surface area contributed by atoms with Crippen LogP contribution in [0.15, 0.2) is 42.5 Å². The highest BCUT2D eigenvalue weighted by atomic mass is 16.6. The molecule has 0 saturated heterocycles. The van der Waals surface area contributed by atoms with Crippen LogP contribution in [0.2, 0.25) is 0 Å². The largest absolute Gasteiger partial charge is 0.486 e. The zero-order valence-corrected chi connectivity index (χ0v) is 16.4. The average molecular weight is 414 g/mol. The molecule has 158 valence electrons. The maximum atomic E-state index is 11.9. The number of para-hydroxylation sites is 1. The van der Waals surface area contributed by atoms with Gasteiger partial charge in [-0.05, 0) is 30.2 Å². The lowest BCUT2D eigenvalue weighted by Crippen LogP contribution is -2.37. The summed E-state index contributed by atoms with van der Waals surface area (Å²) in [5, 5.41) is 4.58. The molecule has 3 amide bonds. The first-order chi connectivity index (χ1) is 14.5. The number of hydrogen-bond acceptors (Lipinski definition) is 7. The van der Waals surface area contributed by atoms with Gasteiger partial charge in [0.25, 0.3) is 5.91 Å². The van der Waals surface area contributed by atoms with E-state index in [1.54, 1.807) is 30.3 Å². The predicted molar refractivity (Wildman–Crippen MR) is 107 cm³/mol. The third kappa shape index (κ3) is 5.87. The number of esters is 1. The van der Waals surface area contributed by atoms with Crippen LogP contribution in [0.5, 0.6) is 17.2 Å². The summed E-state index contributed by atoms with van der Waals surface area (Å²) in [6, 6.07) is 11.4. The normalized spacial score (nSPS) is 11.9. The van der Waals surface area contributed by atoms with Crippen LogP contribution < -0.4 is 24.8 Å². The summed E-state index contributed by atoms with van der Waals surface area (Å²) in [7, 11) is 0. The van der Waals surface area contributed by atoms with E-state index < -0.39 is 24.5 Å². The first-order valence-electron chi connectivity index (χ1n) is 9.42. The van der Waals surface area contributed by atoms with Crippen molar-refractivity contribution in [2.75, 3.05) is 31.7 Å². The minimum absolute atomic E-state index is 0.340. The molecule has 1 aliphatic heterocycles. The van der Waals surface area contributed by atoms with Crippen LogP contribution in [0.3, 0.4) is 0 Å². The van der Waals surface area contributed by atoms with Gasteiger partial charge in [0.1, 0.15) is 19.0 Å². The number of aryl methyl sites for hydroxylation is 1. The highest BCUT2D eigenvalue weighted by Gasteiger charge is 2.15. The Morgan fingerprint density at radius 3 is 2.57 bits per heavy atom. The molecule has 9 heteroatoms. The molecule has 1 heterocycles. The van der Waals surface area contributed by atoms with Crippen molar-refractivity contribution in [3.8, 4) is 17.2 Å². The molecule has 1 aliphatic rings. The van der Waals surface area contributed by atoms with Crippen molar-refractivity contribution in [2.45, 2.75) is 13.3 Å². The SMILES string of the molecule is CCc1ccccc1OCC(=O)OCC(=O)NC(=O)Nc1ccc2c(c1)OCCO2. The van der Waals surface area contributed by atoms with Gasteiger partial charge in [0.15, 0.2) is 24.7 Å². The molecule has 0 aromatic heterocycles. The third-order valence-electron chi connectivity index (χ3n) is 4.12. The lowest BCUT2D eigenvalue weighted by molar-refractivity contribution is -0.150. The average Bonchev–Trinajstić information content (AvgIpc) is 2.76.